The number of alkyl halides is 3. The Morgan fingerprint density at radius 1 is 1.16 bits per heavy atom. The fourth-order valence-corrected chi connectivity index (χ4v) is 3.62. The molecule has 1 fully saturated rings. The molecule has 1 aliphatic rings. The number of fused-ring (bicyclic) bond motifs is 1. The average Bonchev–Trinajstić information content (AvgIpc) is 2.70. The highest BCUT2D eigenvalue weighted by Crippen LogP contribution is 2.22. The molecule has 1 saturated heterocycles. The molecule has 0 radical (unpaired) electrons. The summed E-state index contributed by atoms with van der Waals surface area (Å²) in [6.07, 6.45) is -3.09. The molecule has 0 bridgehead atoms. The van der Waals surface area contributed by atoms with Gasteiger partial charge in [0.25, 0.3) is 5.91 Å². The maximum Gasteiger partial charge on any atom is 0.390 e. The lowest BCUT2D eigenvalue weighted by Crippen LogP contribution is -2.60. The number of halogens is 4. The molecular weight excluding hydrogens is 412 g/mol. The number of benzene rings is 2. The van der Waals surface area contributed by atoms with Crippen molar-refractivity contribution in [2.75, 3.05) is 19.6 Å². The molecule has 0 spiro atoms. The van der Waals surface area contributed by atoms with E-state index in [-0.39, 0.29) is 31.2 Å². The van der Waals surface area contributed by atoms with Crippen molar-refractivity contribution < 1.29 is 22.4 Å². The first-order valence-electron chi connectivity index (χ1n) is 9.87. The van der Waals surface area contributed by atoms with Crippen LogP contribution >= 0.6 is 0 Å². The summed E-state index contributed by atoms with van der Waals surface area (Å²) in [5.74, 6) is -1.11. The predicted octanol–water partition coefficient (Wildman–Crippen LogP) is 3.73. The van der Waals surface area contributed by atoms with Gasteiger partial charge in [-0.05, 0) is 17.7 Å². The second-order valence-electron chi connectivity index (χ2n) is 7.60. The summed E-state index contributed by atoms with van der Waals surface area (Å²) in [5, 5.41) is 12.8. The van der Waals surface area contributed by atoms with Gasteiger partial charge in [0.05, 0.1) is 23.9 Å². The molecule has 5 nitrogen and oxygen atoms in total. The quantitative estimate of drug-likeness (QED) is 0.604. The first-order chi connectivity index (χ1) is 14.8. The maximum absolute atomic E-state index is 14.3. The zero-order valence-corrected chi connectivity index (χ0v) is 16.5. The van der Waals surface area contributed by atoms with Crippen LogP contribution in [0.4, 0.5) is 17.6 Å². The van der Waals surface area contributed by atoms with Crippen LogP contribution in [0.2, 0.25) is 0 Å². The van der Waals surface area contributed by atoms with Crippen molar-refractivity contribution in [3.05, 3.63) is 71.3 Å². The Balaban J connectivity index is 1.42. The van der Waals surface area contributed by atoms with Crippen LogP contribution in [0.25, 0.3) is 10.8 Å². The Labute approximate surface area is 176 Å². The first kappa shape index (κ1) is 21.2. The van der Waals surface area contributed by atoms with E-state index in [1.165, 1.54) is 17.0 Å². The number of likely N-dealkylation sites (tertiary alicyclic amines) is 1. The third-order valence-electron chi connectivity index (χ3n) is 5.29. The van der Waals surface area contributed by atoms with Crippen molar-refractivity contribution in [3.63, 3.8) is 0 Å². The first-order valence-corrected chi connectivity index (χ1v) is 9.87. The predicted molar refractivity (Wildman–Crippen MR) is 107 cm³/mol. The molecule has 31 heavy (non-hydrogen) atoms. The zero-order chi connectivity index (χ0) is 22.0. The van der Waals surface area contributed by atoms with Crippen molar-refractivity contribution in [3.8, 4) is 0 Å². The highest BCUT2D eigenvalue weighted by atomic mass is 19.4. The summed E-state index contributed by atoms with van der Waals surface area (Å²) in [4.78, 5) is 14.1. The molecule has 0 unspecified atom stereocenters. The largest absolute Gasteiger partial charge is 0.390 e. The third-order valence-corrected chi connectivity index (χ3v) is 5.29. The van der Waals surface area contributed by atoms with E-state index in [1.807, 2.05) is 24.3 Å². The van der Waals surface area contributed by atoms with E-state index in [9.17, 15) is 22.4 Å². The Bertz CT molecular complexity index is 1090. The Hall–Kier alpha value is -3.07. The summed E-state index contributed by atoms with van der Waals surface area (Å²) >= 11 is 0. The van der Waals surface area contributed by atoms with E-state index in [0.29, 0.717) is 6.42 Å². The number of rotatable bonds is 6. The van der Waals surface area contributed by atoms with Crippen LogP contribution in [-0.2, 0) is 6.42 Å². The molecule has 0 saturated carbocycles. The molecule has 1 N–H and O–H groups in total. The lowest BCUT2D eigenvalue weighted by Gasteiger charge is -2.40. The molecule has 0 atom stereocenters. The maximum atomic E-state index is 14.3. The summed E-state index contributed by atoms with van der Waals surface area (Å²) in [6, 6.07) is 11.8. The van der Waals surface area contributed by atoms with Gasteiger partial charge in [-0.15, -0.1) is 0 Å². The van der Waals surface area contributed by atoms with Gasteiger partial charge in [-0.3, -0.25) is 4.79 Å². The molecule has 1 amide bonds. The fraction of sp³-hybridized carbons (Fsp3) is 0.318. The topological polar surface area (TPSA) is 58.1 Å². The number of amides is 1. The third kappa shape index (κ3) is 4.99. The van der Waals surface area contributed by atoms with Crippen molar-refractivity contribution in [1.82, 2.24) is 20.4 Å². The molecule has 3 aromatic rings. The SMILES string of the molecule is O=C(c1cc(Cc2nncc3ccccc23)ccc1F)N1CC(NCCC(F)(F)F)C1. The van der Waals surface area contributed by atoms with E-state index < -0.39 is 24.3 Å². The Kier molecular flexibility index (Phi) is 5.86. The highest BCUT2D eigenvalue weighted by Gasteiger charge is 2.33. The van der Waals surface area contributed by atoms with E-state index in [0.717, 1.165) is 22.0 Å². The van der Waals surface area contributed by atoms with E-state index in [1.54, 1.807) is 12.3 Å². The van der Waals surface area contributed by atoms with Crippen molar-refractivity contribution in [2.45, 2.75) is 25.1 Å². The lowest BCUT2D eigenvalue weighted by molar-refractivity contribution is -0.134. The fourth-order valence-electron chi connectivity index (χ4n) is 3.62. The second-order valence-corrected chi connectivity index (χ2v) is 7.60. The van der Waals surface area contributed by atoms with Crippen molar-refractivity contribution in [1.29, 1.82) is 0 Å². The summed E-state index contributed by atoms with van der Waals surface area (Å²) < 4.78 is 51.0. The Morgan fingerprint density at radius 3 is 2.71 bits per heavy atom. The van der Waals surface area contributed by atoms with Gasteiger partial charge >= 0.3 is 6.18 Å². The zero-order valence-electron chi connectivity index (χ0n) is 16.5. The highest BCUT2D eigenvalue weighted by molar-refractivity contribution is 5.95. The number of aromatic nitrogens is 2. The molecule has 2 heterocycles. The van der Waals surface area contributed by atoms with E-state index in [4.69, 9.17) is 0 Å². The second kappa shape index (κ2) is 8.58. The number of carbonyl (C=O) groups excluding carboxylic acids is 1. The van der Waals surface area contributed by atoms with Crippen LogP contribution < -0.4 is 5.32 Å². The standard InChI is InChI=1S/C22H20F4N4O/c23-19-6-5-14(10-20-17-4-2-1-3-15(17)11-28-29-20)9-18(19)21(31)30-12-16(13-30)27-8-7-22(24,25)26/h1-6,9,11,16,27H,7-8,10,12-13H2. The van der Waals surface area contributed by atoms with Gasteiger partial charge in [0.15, 0.2) is 0 Å². The number of nitrogens with zero attached hydrogens (tertiary/aromatic N) is 3. The van der Waals surface area contributed by atoms with Crippen molar-refractivity contribution in [2.24, 2.45) is 0 Å². The van der Waals surface area contributed by atoms with Gasteiger partial charge < -0.3 is 10.2 Å². The van der Waals surface area contributed by atoms with Crippen LogP contribution in [0.15, 0.2) is 48.7 Å². The summed E-state index contributed by atoms with van der Waals surface area (Å²) in [5.41, 5.74) is 1.39. The van der Waals surface area contributed by atoms with E-state index >= 15 is 0 Å². The molecule has 9 heteroatoms. The number of carbonyl (C=O) groups is 1. The molecule has 0 aliphatic carbocycles. The molecular formula is C22H20F4N4O. The molecule has 162 valence electrons. The summed E-state index contributed by atoms with van der Waals surface area (Å²) in [7, 11) is 0. The van der Waals surface area contributed by atoms with Gasteiger partial charge in [0, 0.05) is 42.9 Å². The van der Waals surface area contributed by atoms with Gasteiger partial charge in [0.2, 0.25) is 0 Å². The Morgan fingerprint density at radius 2 is 1.94 bits per heavy atom. The van der Waals surface area contributed by atoms with Gasteiger partial charge in [-0.2, -0.15) is 23.4 Å². The minimum absolute atomic E-state index is 0.0561. The van der Waals surface area contributed by atoms with Crippen LogP contribution in [-0.4, -0.2) is 52.9 Å². The minimum Gasteiger partial charge on any atom is -0.335 e. The molecule has 1 aliphatic heterocycles. The van der Waals surface area contributed by atoms with Crippen LogP contribution in [0.3, 0.4) is 0 Å². The van der Waals surface area contributed by atoms with Gasteiger partial charge in [-0.1, -0.05) is 30.3 Å². The molecule has 4 rings (SSSR count). The minimum atomic E-state index is -4.22. The summed E-state index contributed by atoms with van der Waals surface area (Å²) in [6.45, 7) is 0.288. The van der Waals surface area contributed by atoms with Crippen LogP contribution in [0.1, 0.15) is 28.0 Å². The van der Waals surface area contributed by atoms with Crippen molar-refractivity contribution >= 4 is 16.7 Å². The average molecular weight is 432 g/mol. The molecule has 1 aromatic heterocycles. The lowest BCUT2D eigenvalue weighted by atomic mass is 10.0. The van der Waals surface area contributed by atoms with Gasteiger partial charge in [0.1, 0.15) is 5.82 Å². The monoisotopic (exact) mass is 432 g/mol. The van der Waals surface area contributed by atoms with E-state index in [2.05, 4.69) is 15.5 Å². The number of nitrogens with one attached hydrogen (secondary N) is 1. The normalized spacial score (nSPS) is 14.6. The number of hydrogen-bond acceptors (Lipinski definition) is 4. The number of hydrogen-bond donors (Lipinski definition) is 1. The van der Waals surface area contributed by atoms with Gasteiger partial charge in [-0.25, -0.2) is 4.39 Å². The molecule has 2 aromatic carbocycles. The van der Waals surface area contributed by atoms with Crippen LogP contribution in [0.5, 0.6) is 0 Å². The van der Waals surface area contributed by atoms with Crippen LogP contribution in [0, 0.1) is 5.82 Å². The smallest absolute Gasteiger partial charge is 0.335 e.